The lowest BCUT2D eigenvalue weighted by molar-refractivity contribution is 0.0573. The Kier molecular flexibility index (Phi) is 6.96. The molecule has 0 aromatic carbocycles. The Balaban J connectivity index is 1.43. The van der Waals surface area contributed by atoms with E-state index in [-0.39, 0.29) is 0 Å². The van der Waals surface area contributed by atoms with Crippen LogP contribution in [0, 0.1) is 5.92 Å². The monoisotopic (exact) mass is 352 g/mol. The van der Waals surface area contributed by atoms with Gasteiger partial charge in [0.05, 0.1) is 18.8 Å². The van der Waals surface area contributed by atoms with E-state index in [0.717, 1.165) is 83.3 Å². The summed E-state index contributed by atoms with van der Waals surface area (Å²) in [5, 5.41) is 17.4. The van der Waals surface area contributed by atoms with Crippen molar-refractivity contribution in [3.63, 3.8) is 0 Å². The van der Waals surface area contributed by atoms with Crippen LogP contribution in [0.1, 0.15) is 51.9 Å². The van der Waals surface area contributed by atoms with Crippen molar-refractivity contribution >= 4 is 5.96 Å². The number of nitrogens with zero attached hydrogens (tertiary/aromatic N) is 2. The van der Waals surface area contributed by atoms with Crippen molar-refractivity contribution < 1.29 is 9.84 Å². The van der Waals surface area contributed by atoms with Crippen LogP contribution in [-0.2, 0) is 4.74 Å². The van der Waals surface area contributed by atoms with E-state index in [9.17, 15) is 5.11 Å². The normalized spacial score (nSPS) is 28.4. The molecule has 0 spiro atoms. The smallest absolute Gasteiger partial charge is 0.191 e. The maximum Gasteiger partial charge on any atom is 0.191 e. The number of likely N-dealkylation sites (tertiary alicyclic amines) is 1. The van der Waals surface area contributed by atoms with Crippen molar-refractivity contribution in [2.45, 2.75) is 63.5 Å². The second-order valence-electron chi connectivity index (χ2n) is 8.08. The first kappa shape index (κ1) is 18.9. The molecule has 144 valence electrons. The molecule has 1 unspecified atom stereocenters. The minimum atomic E-state index is -0.574. The molecular weight excluding hydrogens is 316 g/mol. The second-order valence-corrected chi connectivity index (χ2v) is 8.08. The first-order valence-corrected chi connectivity index (χ1v) is 10.2. The number of ether oxygens (including phenoxy) is 1. The van der Waals surface area contributed by atoms with Gasteiger partial charge in [-0.05, 0) is 44.9 Å². The van der Waals surface area contributed by atoms with Crippen LogP contribution in [0.25, 0.3) is 0 Å². The number of hydrogen-bond acceptors (Lipinski definition) is 4. The third-order valence-electron chi connectivity index (χ3n) is 5.88. The Morgan fingerprint density at radius 1 is 1.24 bits per heavy atom. The highest BCUT2D eigenvalue weighted by Crippen LogP contribution is 2.29. The van der Waals surface area contributed by atoms with Crippen molar-refractivity contribution in [3.8, 4) is 0 Å². The highest BCUT2D eigenvalue weighted by molar-refractivity contribution is 5.80. The highest BCUT2D eigenvalue weighted by atomic mass is 16.5. The van der Waals surface area contributed by atoms with Gasteiger partial charge < -0.3 is 25.4 Å². The summed E-state index contributed by atoms with van der Waals surface area (Å²) < 4.78 is 5.49. The fraction of sp³-hybridized carbons (Fsp3) is 0.947. The minimum absolute atomic E-state index is 0.479. The molecule has 6 nitrogen and oxygen atoms in total. The molecular formula is C19H36N4O2. The molecule has 1 atom stereocenters. The summed E-state index contributed by atoms with van der Waals surface area (Å²) in [6.07, 6.45) is 7.56. The number of guanidine groups is 1. The van der Waals surface area contributed by atoms with E-state index in [0.29, 0.717) is 12.6 Å². The van der Waals surface area contributed by atoms with Crippen LogP contribution in [-0.4, -0.2) is 73.5 Å². The summed E-state index contributed by atoms with van der Waals surface area (Å²) in [6.45, 7) is 8.83. The van der Waals surface area contributed by atoms with Crippen molar-refractivity contribution in [2.75, 3.05) is 45.9 Å². The van der Waals surface area contributed by atoms with Gasteiger partial charge in [0.2, 0.25) is 0 Å². The van der Waals surface area contributed by atoms with Crippen LogP contribution in [0.4, 0.5) is 0 Å². The van der Waals surface area contributed by atoms with Gasteiger partial charge in [0.25, 0.3) is 0 Å². The average Bonchev–Trinajstić information content (AvgIpc) is 3.27. The summed E-state index contributed by atoms with van der Waals surface area (Å²) in [6, 6.07) is 0.479. The molecule has 0 aromatic rings. The summed E-state index contributed by atoms with van der Waals surface area (Å²) in [4.78, 5) is 7.26. The molecule has 0 bridgehead atoms. The molecule has 2 aliphatic heterocycles. The first-order valence-electron chi connectivity index (χ1n) is 10.2. The fourth-order valence-electron chi connectivity index (χ4n) is 4.28. The van der Waals surface area contributed by atoms with Crippen LogP contribution in [0.5, 0.6) is 0 Å². The van der Waals surface area contributed by atoms with Gasteiger partial charge in [0.1, 0.15) is 0 Å². The molecule has 6 heteroatoms. The predicted octanol–water partition coefficient (Wildman–Crippen LogP) is 1.35. The van der Waals surface area contributed by atoms with Crippen molar-refractivity contribution in [1.29, 1.82) is 0 Å². The number of aliphatic hydroxyl groups is 1. The topological polar surface area (TPSA) is 69.1 Å². The van der Waals surface area contributed by atoms with E-state index in [4.69, 9.17) is 4.74 Å². The number of rotatable bonds is 6. The Bertz CT molecular complexity index is 423. The molecule has 1 saturated carbocycles. The Morgan fingerprint density at radius 2 is 2.00 bits per heavy atom. The molecule has 0 aromatic heterocycles. The summed E-state index contributed by atoms with van der Waals surface area (Å²) in [7, 11) is 0. The SMILES string of the molecule is CCNC(=NCC1(O)CCCC1)NC1CCN(CC2CCOC2)CC1. The maximum atomic E-state index is 10.5. The number of piperidine rings is 1. The molecule has 0 amide bonds. The van der Waals surface area contributed by atoms with Crippen LogP contribution in [0.15, 0.2) is 4.99 Å². The molecule has 2 heterocycles. The molecule has 3 N–H and O–H groups in total. The van der Waals surface area contributed by atoms with Crippen molar-refractivity contribution in [2.24, 2.45) is 10.9 Å². The van der Waals surface area contributed by atoms with E-state index in [2.05, 4.69) is 27.4 Å². The summed E-state index contributed by atoms with van der Waals surface area (Å²) >= 11 is 0. The van der Waals surface area contributed by atoms with E-state index < -0.39 is 5.60 Å². The van der Waals surface area contributed by atoms with Gasteiger partial charge in [-0.1, -0.05) is 12.8 Å². The lowest BCUT2D eigenvalue weighted by Crippen LogP contribution is -2.49. The third kappa shape index (κ3) is 5.83. The van der Waals surface area contributed by atoms with Gasteiger partial charge in [-0.25, -0.2) is 0 Å². The molecule has 3 rings (SSSR count). The third-order valence-corrected chi connectivity index (χ3v) is 5.88. The zero-order valence-electron chi connectivity index (χ0n) is 15.8. The molecule has 1 aliphatic carbocycles. The Labute approximate surface area is 152 Å². The molecule has 25 heavy (non-hydrogen) atoms. The molecule has 2 saturated heterocycles. The second kappa shape index (κ2) is 9.19. The summed E-state index contributed by atoms with van der Waals surface area (Å²) in [5.41, 5.74) is -0.574. The lowest BCUT2D eigenvalue weighted by atomic mass is 10.0. The number of nitrogens with one attached hydrogen (secondary N) is 2. The number of aliphatic imine (C=N–C) groups is 1. The van der Waals surface area contributed by atoms with E-state index in [1.54, 1.807) is 0 Å². The molecule has 3 aliphatic rings. The van der Waals surface area contributed by atoms with Gasteiger partial charge in [-0.2, -0.15) is 0 Å². The zero-order chi connectivity index (χ0) is 17.5. The van der Waals surface area contributed by atoms with Gasteiger partial charge >= 0.3 is 0 Å². The predicted molar refractivity (Wildman–Crippen MR) is 101 cm³/mol. The largest absolute Gasteiger partial charge is 0.388 e. The van der Waals surface area contributed by atoms with E-state index >= 15 is 0 Å². The van der Waals surface area contributed by atoms with Crippen LogP contribution in [0.2, 0.25) is 0 Å². The lowest BCUT2D eigenvalue weighted by Gasteiger charge is -2.34. The fourth-order valence-corrected chi connectivity index (χ4v) is 4.28. The standard InChI is InChI=1S/C19H36N4O2/c1-2-20-18(21-15-19(24)8-3-4-9-19)22-17-5-10-23(11-6-17)13-16-7-12-25-14-16/h16-17,24H,2-15H2,1H3,(H2,20,21,22). The average molecular weight is 353 g/mol. The van der Waals surface area contributed by atoms with E-state index in [1.807, 2.05) is 0 Å². The molecule has 0 radical (unpaired) electrons. The summed E-state index contributed by atoms with van der Waals surface area (Å²) in [5.74, 6) is 1.60. The van der Waals surface area contributed by atoms with Gasteiger partial charge in [0.15, 0.2) is 5.96 Å². The van der Waals surface area contributed by atoms with Crippen LogP contribution in [0.3, 0.4) is 0 Å². The van der Waals surface area contributed by atoms with Crippen molar-refractivity contribution in [1.82, 2.24) is 15.5 Å². The van der Waals surface area contributed by atoms with Gasteiger partial charge in [0, 0.05) is 38.8 Å². The minimum Gasteiger partial charge on any atom is -0.388 e. The highest BCUT2D eigenvalue weighted by Gasteiger charge is 2.31. The van der Waals surface area contributed by atoms with Crippen LogP contribution < -0.4 is 10.6 Å². The van der Waals surface area contributed by atoms with Crippen LogP contribution >= 0.6 is 0 Å². The number of hydrogen-bond donors (Lipinski definition) is 3. The van der Waals surface area contributed by atoms with Gasteiger partial charge in [-0.3, -0.25) is 4.99 Å². The maximum absolute atomic E-state index is 10.5. The molecule has 3 fully saturated rings. The quantitative estimate of drug-likeness (QED) is 0.497. The van der Waals surface area contributed by atoms with E-state index in [1.165, 1.54) is 13.0 Å². The Hall–Kier alpha value is -0.850. The Morgan fingerprint density at radius 3 is 2.64 bits per heavy atom. The van der Waals surface area contributed by atoms with Gasteiger partial charge in [-0.15, -0.1) is 0 Å². The zero-order valence-corrected chi connectivity index (χ0v) is 15.8. The van der Waals surface area contributed by atoms with Crippen molar-refractivity contribution in [3.05, 3.63) is 0 Å². The first-order chi connectivity index (χ1) is 12.2.